The maximum absolute atomic E-state index is 11.8. The molecule has 1 N–H and O–H groups in total. The number of pyridine rings is 1. The van der Waals surface area contributed by atoms with Gasteiger partial charge in [-0.1, -0.05) is 48.5 Å². The van der Waals surface area contributed by atoms with Gasteiger partial charge in [0.1, 0.15) is 19.0 Å². The summed E-state index contributed by atoms with van der Waals surface area (Å²) >= 11 is 0. The molecule has 0 spiro atoms. The van der Waals surface area contributed by atoms with Crippen molar-refractivity contribution in [3.05, 3.63) is 90.9 Å². The summed E-state index contributed by atoms with van der Waals surface area (Å²) in [6.45, 7) is 2.21. The summed E-state index contributed by atoms with van der Waals surface area (Å²) in [5.41, 5.74) is 5.02. The highest BCUT2D eigenvalue weighted by molar-refractivity contribution is 5.83. The zero-order valence-corrected chi connectivity index (χ0v) is 18.4. The smallest absolute Gasteiger partial charge is 0.327 e. The fraction of sp³-hybridized carbons (Fsp3) is 0.154. The van der Waals surface area contributed by atoms with E-state index in [2.05, 4.69) is 20.3 Å². The van der Waals surface area contributed by atoms with Gasteiger partial charge in [-0.3, -0.25) is 0 Å². The second kappa shape index (κ2) is 10.4. The molecule has 0 saturated heterocycles. The van der Waals surface area contributed by atoms with Crippen molar-refractivity contribution in [2.75, 3.05) is 12.4 Å². The number of esters is 1. The number of hydrogen-bond acceptors (Lipinski definition) is 7. The van der Waals surface area contributed by atoms with Crippen molar-refractivity contribution in [2.45, 2.75) is 19.6 Å². The summed E-state index contributed by atoms with van der Waals surface area (Å²) in [4.78, 5) is 25.1. The number of ether oxygens (including phenoxy) is 2. The molecule has 7 heteroatoms. The van der Waals surface area contributed by atoms with Crippen LogP contribution in [0.4, 0.5) is 5.69 Å². The lowest BCUT2D eigenvalue weighted by atomic mass is 10.1. The van der Waals surface area contributed by atoms with Gasteiger partial charge in [-0.05, 0) is 30.7 Å². The molecule has 0 unspecified atom stereocenters. The number of anilines is 1. The van der Waals surface area contributed by atoms with E-state index in [9.17, 15) is 4.79 Å². The SMILES string of the molecule is COC(=O)[C@H](C)Nc1ccccc1-c1cc(-c2ccc(OCc3ccccc3)nc2)ncn1. The zero-order valence-electron chi connectivity index (χ0n) is 18.4. The van der Waals surface area contributed by atoms with E-state index in [0.29, 0.717) is 12.5 Å². The fourth-order valence-electron chi connectivity index (χ4n) is 3.31. The van der Waals surface area contributed by atoms with Crippen molar-refractivity contribution in [3.8, 4) is 28.4 Å². The van der Waals surface area contributed by atoms with Gasteiger partial charge in [0.15, 0.2) is 0 Å². The summed E-state index contributed by atoms with van der Waals surface area (Å²) in [5, 5.41) is 3.19. The zero-order chi connectivity index (χ0) is 23.0. The Labute approximate surface area is 192 Å². The lowest BCUT2D eigenvalue weighted by Gasteiger charge is -2.16. The van der Waals surface area contributed by atoms with Crippen LogP contribution in [0.2, 0.25) is 0 Å². The first-order valence-electron chi connectivity index (χ1n) is 10.5. The lowest BCUT2D eigenvalue weighted by Crippen LogP contribution is -2.27. The van der Waals surface area contributed by atoms with Crippen molar-refractivity contribution in [1.29, 1.82) is 0 Å². The van der Waals surface area contributed by atoms with E-state index < -0.39 is 6.04 Å². The van der Waals surface area contributed by atoms with Gasteiger partial charge in [-0.15, -0.1) is 0 Å². The number of carbonyl (C=O) groups is 1. The molecule has 2 heterocycles. The number of para-hydroxylation sites is 1. The molecular weight excluding hydrogens is 416 g/mol. The Hall–Kier alpha value is -4.26. The minimum Gasteiger partial charge on any atom is -0.473 e. The summed E-state index contributed by atoms with van der Waals surface area (Å²) in [6.07, 6.45) is 3.25. The Kier molecular flexibility index (Phi) is 6.90. The maximum Gasteiger partial charge on any atom is 0.327 e. The predicted molar refractivity (Wildman–Crippen MR) is 127 cm³/mol. The molecular formula is C26H24N4O3. The van der Waals surface area contributed by atoms with Crippen molar-refractivity contribution in [2.24, 2.45) is 0 Å². The standard InChI is InChI=1S/C26H24N4O3/c1-18(26(31)32-2)30-22-11-7-6-10-21(22)24-14-23(28-17-29-24)20-12-13-25(27-15-20)33-16-19-8-4-3-5-9-19/h3-15,17-18,30H,16H2,1-2H3/t18-/m0/s1. The number of rotatable bonds is 8. The van der Waals surface area contributed by atoms with Crippen molar-refractivity contribution in [3.63, 3.8) is 0 Å². The summed E-state index contributed by atoms with van der Waals surface area (Å²) < 4.78 is 10.6. The number of nitrogens with zero attached hydrogens (tertiary/aromatic N) is 3. The molecule has 0 bridgehead atoms. The van der Waals surface area contributed by atoms with E-state index in [4.69, 9.17) is 9.47 Å². The summed E-state index contributed by atoms with van der Waals surface area (Å²) in [7, 11) is 1.37. The second-order valence-corrected chi connectivity index (χ2v) is 7.38. The van der Waals surface area contributed by atoms with Crippen LogP contribution in [0.5, 0.6) is 5.88 Å². The average Bonchev–Trinajstić information content (AvgIpc) is 2.88. The van der Waals surface area contributed by atoms with Crippen LogP contribution < -0.4 is 10.1 Å². The van der Waals surface area contributed by atoms with Crippen molar-refractivity contribution >= 4 is 11.7 Å². The Morgan fingerprint density at radius 2 is 1.70 bits per heavy atom. The average molecular weight is 441 g/mol. The Morgan fingerprint density at radius 1 is 0.939 bits per heavy atom. The molecule has 0 saturated carbocycles. The summed E-state index contributed by atoms with van der Waals surface area (Å²) in [5.74, 6) is 0.206. The van der Waals surface area contributed by atoms with Crippen LogP contribution in [0.15, 0.2) is 85.3 Å². The van der Waals surface area contributed by atoms with E-state index in [0.717, 1.165) is 33.8 Å². The van der Waals surface area contributed by atoms with Gasteiger partial charge >= 0.3 is 5.97 Å². The molecule has 0 aliphatic carbocycles. The number of methoxy groups -OCH3 is 1. The lowest BCUT2D eigenvalue weighted by molar-refractivity contribution is -0.141. The molecule has 4 rings (SSSR count). The van der Waals surface area contributed by atoms with Gasteiger partial charge in [-0.2, -0.15) is 0 Å². The molecule has 7 nitrogen and oxygen atoms in total. The first kappa shape index (κ1) is 22.0. The predicted octanol–water partition coefficient (Wildman–Crippen LogP) is 4.76. The van der Waals surface area contributed by atoms with Crippen LogP contribution in [0, 0.1) is 0 Å². The van der Waals surface area contributed by atoms with E-state index >= 15 is 0 Å². The minimum absolute atomic E-state index is 0.339. The number of hydrogen-bond donors (Lipinski definition) is 1. The monoisotopic (exact) mass is 440 g/mol. The van der Waals surface area contributed by atoms with Crippen LogP contribution in [0.1, 0.15) is 12.5 Å². The molecule has 0 aliphatic rings. The first-order valence-corrected chi connectivity index (χ1v) is 10.5. The van der Waals surface area contributed by atoms with E-state index in [-0.39, 0.29) is 5.97 Å². The normalized spacial score (nSPS) is 11.5. The number of benzene rings is 2. The van der Waals surface area contributed by atoms with Gasteiger partial charge in [0.05, 0.1) is 18.5 Å². The van der Waals surface area contributed by atoms with E-state index in [1.807, 2.05) is 72.8 Å². The fourth-order valence-corrected chi connectivity index (χ4v) is 3.31. The molecule has 2 aromatic carbocycles. The minimum atomic E-state index is -0.495. The third-order valence-corrected chi connectivity index (χ3v) is 5.06. The Balaban J connectivity index is 1.52. The quantitative estimate of drug-likeness (QED) is 0.395. The van der Waals surface area contributed by atoms with E-state index in [1.54, 1.807) is 13.1 Å². The number of aromatic nitrogens is 3. The molecule has 0 fully saturated rings. The van der Waals surface area contributed by atoms with Crippen LogP contribution >= 0.6 is 0 Å². The highest BCUT2D eigenvalue weighted by Crippen LogP contribution is 2.29. The number of carbonyl (C=O) groups excluding carboxylic acids is 1. The van der Waals surface area contributed by atoms with Gasteiger partial charge in [0.25, 0.3) is 0 Å². The third kappa shape index (κ3) is 5.51. The largest absolute Gasteiger partial charge is 0.473 e. The Morgan fingerprint density at radius 3 is 2.45 bits per heavy atom. The van der Waals surface area contributed by atoms with Crippen molar-refractivity contribution < 1.29 is 14.3 Å². The maximum atomic E-state index is 11.8. The van der Waals surface area contributed by atoms with Gasteiger partial charge in [0.2, 0.25) is 5.88 Å². The number of nitrogens with one attached hydrogen (secondary N) is 1. The van der Waals surface area contributed by atoms with Gasteiger partial charge < -0.3 is 14.8 Å². The van der Waals surface area contributed by atoms with Crippen LogP contribution in [-0.4, -0.2) is 34.1 Å². The second-order valence-electron chi connectivity index (χ2n) is 7.38. The van der Waals surface area contributed by atoms with Gasteiger partial charge in [0, 0.05) is 29.1 Å². The van der Waals surface area contributed by atoms with Crippen LogP contribution in [-0.2, 0) is 16.1 Å². The molecule has 33 heavy (non-hydrogen) atoms. The van der Waals surface area contributed by atoms with Crippen LogP contribution in [0.3, 0.4) is 0 Å². The summed E-state index contributed by atoms with van der Waals surface area (Å²) in [6, 6.07) is 22.8. The first-order chi connectivity index (χ1) is 16.1. The molecule has 1 atom stereocenters. The molecule has 2 aromatic heterocycles. The molecule has 166 valence electrons. The molecule has 0 aliphatic heterocycles. The molecule has 4 aromatic rings. The molecule has 0 radical (unpaired) electrons. The van der Waals surface area contributed by atoms with Crippen molar-refractivity contribution in [1.82, 2.24) is 15.0 Å². The third-order valence-electron chi connectivity index (χ3n) is 5.06. The highest BCUT2D eigenvalue weighted by atomic mass is 16.5. The highest BCUT2D eigenvalue weighted by Gasteiger charge is 2.16. The Bertz CT molecular complexity index is 1210. The van der Waals surface area contributed by atoms with Gasteiger partial charge in [-0.25, -0.2) is 19.7 Å². The van der Waals surface area contributed by atoms with Crippen LogP contribution in [0.25, 0.3) is 22.5 Å². The molecule has 0 amide bonds. The topological polar surface area (TPSA) is 86.2 Å². The van der Waals surface area contributed by atoms with E-state index in [1.165, 1.54) is 13.4 Å².